The van der Waals surface area contributed by atoms with Crippen molar-refractivity contribution in [1.29, 1.82) is 0 Å². The van der Waals surface area contributed by atoms with Gasteiger partial charge in [-0.3, -0.25) is 14.5 Å². The van der Waals surface area contributed by atoms with Crippen molar-refractivity contribution in [2.75, 3.05) is 19.6 Å². The van der Waals surface area contributed by atoms with E-state index < -0.39 is 17.5 Å². The molecule has 4 amide bonds. The van der Waals surface area contributed by atoms with E-state index in [0.29, 0.717) is 24.6 Å². The van der Waals surface area contributed by atoms with Gasteiger partial charge in [0, 0.05) is 13.1 Å². The standard InChI is InChI=1S/C19H27N3O3/c1-6-21(7-2)16(23)12-22-17(24)19(5,20-18(22)25)15-10-8-14(9-11-15)13(3)4/h8-11,13H,6-7,12H2,1-5H3,(H,20,25)/t19-/m0/s1. The minimum Gasteiger partial charge on any atom is -0.342 e. The van der Waals surface area contributed by atoms with Crippen LogP contribution in [0.2, 0.25) is 0 Å². The summed E-state index contributed by atoms with van der Waals surface area (Å²) in [7, 11) is 0. The van der Waals surface area contributed by atoms with Crippen LogP contribution in [0.15, 0.2) is 24.3 Å². The molecule has 0 aliphatic carbocycles. The summed E-state index contributed by atoms with van der Waals surface area (Å²) in [5.74, 6) is -0.234. The van der Waals surface area contributed by atoms with Crippen molar-refractivity contribution < 1.29 is 14.4 Å². The maximum atomic E-state index is 12.9. The van der Waals surface area contributed by atoms with Crippen molar-refractivity contribution in [3.63, 3.8) is 0 Å². The Bertz CT molecular complexity index is 665. The second-order valence-corrected chi connectivity index (χ2v) is 6.79. The van der Waals surface area contributed by atoms with Crippen molar-refractivity contribution >= 4 is 17.8 Å². The summed E-state index contributed by atoms with van der Waals surface area (Å²) in [5.41, 5.74) is 0.738. The lowest BCUT2D eigenvalue weighted by molar-refractivity contribution is -0.138. The number of carbonyl (C=O) groups excluding carboxylic acids is 3. The third-order valence-corrected chi connectivity index (χ3v) is 4.84. The number of hydrogen-bond acceptors (Lipinski definition) is 3. The number of rotatable bonds is 6. The molecule has 1 aliphatic heterocycles. The molecule has 0 bridgehead atoms. The van der Waals surface area contributed by atoms with E-state index in [1.807, 2.05) is 38.1 Å². The van der Waals surface area contributed by atoms with Gasteiger partial charge in [0.05, 0.1) is 0 Å². The first kappa shape index (κ1) is 19.0. The van der Waals surface area contributed by atoms with E-state index in [2.05, 4.69) is 19.2 Å². The molecule has 136 valence electrons. The summed E-state index contributed by atoms with van der Waals surface area (Å²) in [6.45, 7) is 10.5. The molecule has 0 radical (unpaired) electrons. The first-order chi connectivity index (χ1) is 11.7. The Morgan fingerprint density at radius 2 is 1.72 bits per heavy atom. The number of hydrogen-bond donors (Lipinski definition) is 1. The van der Waals surface area contributed by atoms with E-state index in [0.717, 1.165) is 10.5 Å². The summed E-state index contributed by atoms with van der Waals surface area (Å²) >= 11 is 0. The van der Waals surface area contributed by atoms with Crippen LogP contribution in [0.4, 0.5) is 4.79 Å². The van der Waals surface area contributed by atoms with Crippen LogP contribution in [0.3, 0.4) is 0 Å². The lowest BCUT2D eigenvalue weighted by Crippen LogP contribution is -2.44. The Morgan fingerprint density at radius 1 is 1.16 bits per heavy atom. The van der Waals surface area contributed by atoms with Gasteiger partial charge in [-0.2, -0.15) is 0 Å². The molecule has 1 aliphatic rings. The molecule has 0 aromatic heterocycles. The van der Waals surface area contributed by atoms with Crippen LogP contribution in [0, 0.1) is 0 Å². The van der Waals surface area contributed by atoms with Crippen molar-refractivity contribution in [2.24, 2.45) is 0 Å². The smallest absolute Gasteiger partial charge is 0.325 e. The van der Waals surface area contributed by atoms with Crippen molar-refractivity contribution in [2.45, 2.75) is 46.1 Å². The molecule has 1 aromatic rings. The fraction of sp³-hybridized carbons (Fsp3) is 0.526. The van der Waals surface area contributed by atoms with Crippen molar-refractivity contribution in [3.8, 4) is 0 Å². The highest BCUT2D eigenvalue weighted by Gasteiger charge is 2.49. The lowest BCUT2D eigenvalue weighted by atomic mass is 9.90. The van der Waals surface area contributed by atoms with Crippen LogP contribution in [0.25, 0.3) is 0 Å². The first-order valence-electron chi connectivity index (χ1n) is 8.76. The maximum Gasteiger partial charge on any atom is 0.325 e. The zero-order valence-electron chi connectivity index (χ0n) is 15.6. The highest BCUT2D eigenvalue weighted by molar-refractivity contribution is 6.09. The topological polar surface area (TPSA) is 69.7 Å². The molecule has 1 saturated heterocycles. The zero-order valence-corrected chi connectivity index (χ0v) is 15.6. The van der Waals surface area contributed by atoms with E-state index in [-0.39, 0.29) is 12.5 Å². The maximum absolute atomic E-state index is 12.9. The molecular formula is C19H27N3O3. The van der Waals surface area contributed by atoms with Gasteiger partial charge in [0.2, 0.25) is 5.91 Å². The van der Waals surface area contributed by atoms with Gasteiger partial charge >= 0.3 is 6.03 Å². The van der Waals surface area contributed by atoms with Crippen LogP contribution in [-0.2, 0) is 15.1 Å². The van der Waals surface area contributed by atoms with Gasteiger partial charge in [-0.15, -0.1) is 0 Å². The van der Waals surface area contributed by atoms with Gasteiger partial charge in [-0.05, 0) is 37.8 Å². The minimum absolute atomic E-state index is 0.229. The molecule has 25 heavy (non-hydrogen) atoms. The first-order valence-corrected chi connectivity index (χ1v) is 8.76. The predicted molar refractivity (Wildman–Crippen MR) is 96.1 cm³/mol. The number of likely N-dealkylation sites (N-methyl/N-ethyl adjacent to an activating group) is 1. The average molecular weight is 345 g/mol. The van der Waals surface area contributed by atoms with Gasteiger partial charge in [0.15, 0.2) is 0 Å². The Kier molecular flexibility index (Phi) is 5.50. The molecule has 6 nitrogen and oxygen atoms in total. The Labute approximate surface area is 149 Å². The molecule has 2 rings (SSSR count). The Balaban J connectivity index is 2.22. The number of nitrogens with zero attached hydrogens (tertiary/aromatic N) is 2. The van der Waals surface area contributed by atoms with Gasteiger partial charge in [0.1, 0.15) is 12.1 Å². The molecule has 0 spiro atoms. The van der Waals surface area contributed by atoms with Crippen molar-refractivity contribution in [3.05, 3.63) is 35.4 Å². The number of nitrogens with one attached hydrogen (secondary N) is 1. The van der Waals surface area contributed by atoms with Gasteiger partial charge in [-0.1, -0.05) is 38.1 Å². The molecule has 1 N–H and O–H groups in total. The van der Waals surface area contributed by atoms with Crippen LogP contribution in [0.1, 0.15) is 51.7 Å². The van der Waals surface area contributed by atoms with E-state index in [4.69, 9.17) is 0 Å². The number of imide groups is 1. The van der Waals surface area contributed by atoms with Crippen LogP contribution in [0.5, 0.6) is 0 Å². The SMILES string of the molecule is CCN(CC)C(=O)CN1C(=O)N[C@@](C)(c2ccc(C(C)C)cc2)C1=O. The minimum atomic E-state index is -1.14. The molecule has 6 heteroatoms. The number of carbonyl (C=O) groups is 3. The second-order valence-electron chi connectivity index (χ2n) is 6.79. The molecule has 0 unspecified atom stereocenters. The highest BCUT2D eigenvalue weighted by atomic mass is 16.2. The highest BCUT2D eigenvalue weighted by Crippen LogP contribution is 2.29. The van der Waals surface area contributed by atoms with Crippen LogP contribution in [-0.4, -0.2) is 47.3 Å². The summed E-state index contributed by atoms with van der Waals surface area (Å²) in [6.07, 6.45) is 0. The summed E-state index contributed by atoms with van der Waals surface area (Å²) in [5, 5.41) is 2.74. The number of amides is 4. The monoisotopic (exact) mass is 345 g/mol. The van der Waals surface area contributed by atoms with Gasteiger partial charge in [-0.25, -0.2) is 4.79 Å². The van der Waals surface area contributed by atoms with E-state index in [1.54, 1.807) is 11.8 Å². The third-order valence-electron chi connectivity index (χ3n) is 4.84. The fourth-order valence-electron chi connectivity index (χ4n) is 3.05. The van der Waals surface area contributed by atoms with Gasteiger partial charge in [0.25, 0.3) is 5.91 Å². The Hall–Kier alpha value is -2.37. The number of urea groups is 1. The predicted octanol–water partition coefficient (Wildman–Crippen LogP) is 2.45. The molecule has 1 atom stereocenters. The molecule has 1 fully saturated rings. The Morgan fingerprint density at radius 3 is 2.20 bits per heavy atom. The normalized spacial score (nSPS) is 20.2. The van der Waals surface area contributed by atoms with Crippen molar-refractivity contribution in [1.82, 2.24) is 15.1 Å². The molecule has 1 heterocycles. The van der Waals surface area contributed by atoms with Gasteiger partial charge < -0.3 is 10.2 Å². The van der Waals surface area contributed by atoms with E-state index in [1.165, 1.54) is 0 Å². The lowest BCUT2D eigenvalue weighted by Gasteiger charge is -2.24. The second kappa shape index (κ2) is 7.25. The van der Waals surface area contributed by atoms with E-state index in [9.17, 15) is 14.4 Å². The third kappa shape index (κ3) is 3.52. The quantitative estimate of drug-likeness (QED) is 0.805. The van der Waals surface area contributed by atoms with E-state index >= 15 is 0 Å². The van der Waals surface area contributed by atoms with Crippen LogP contribution < -0.4 is 5.32 Å². The number of benzene rings is 1. The molecular weight excluding hydrogens is 318 g/mol. The molecule has 0 saturated carbocycles. The summed E-state index contributed by atoms with van der Waals surface area (Å²) < 4.78 is 0. The summed E-state index contributed by atoms with van der Waals surface area (Å²) in [4.78, 5) is 40.1. The zero-order chi connectivity index (χ0) is 18.8. The molecule has 1 aromatic carbocycles. The largest absolute Gasteiger partial charge is 0.342 e. The van der Waals surface area contributed by atoms with Crippen LogP contribution >= 0.6 is 0 Å². The average Bonchev–Trinajstić information content (AvgIpc) is 2.80. The summed E-state index contributed by atoms with van der Waals surface area (Å²) in [6, 6.07) is 7.14. The fourth-order valence-corrected chi connectivity index (χ4v) is 3.05.